The third-order valence-corrected chi connectivity index (χ3v) is 1.99. The molecule has 1 aromatic carbocycles. The first-order chi connectivity index (χ1) is 6.13. The van der Waals surface area contributed by atoms with Crippen LogP contribution < -0.4 is 4.74 Å². The number of hydrogen-bond donors (Lipinski definition) is 0. The molecule has 2 heteroatoms. The summed E-state index contributed by atoms with van der Waals surface area (Å²) >= 11 is 5.71. The number of methoxy groups -OCH3 is 1. The fourth-order valence-corrected chi connectivity index (χ4v) is 1.43. The monoisotopic (exact) mass is 196 g/mol. The van der Waals surface area contributed by atoms with Gasteiger partial charge in [0.1, 0.15) is 5.75 Å². The van der Waals surface area contributed by atoms with Crippen LogP contribution in [0.25, 0.3) is 0 Å². The minimum atomic E-state index is 0.657. The quantitative estimate of drug-likeness (QED) is 0.721. The molecule has 70 valence electrons. The molecule has 0 fully saturated rings. The number of ether oxygens (including phenoxy) is 1. The molecule has 0 saturated carbocycles. The van der Waals surface area contributed by atoms with E-state index in [0.29, 0.717) is 11.5 Å². The van der Waals surface area contributed by atoms with Crippen molar-refractivity contribution in [3.05, 3.63) is 40.9 Å². The molecule has 0 saturated heterocycles. The zero-order valence-corrected chi connectivity index (χ0v) is 8.69. The Bertz CT molecular complexity index is 318. The molecule has 1 aromatic rings. The molecule has 0 spiro atoms. The van der Waals surface area contributed by atoms with Gasteiger partial charge in [-0.1, -0.05) is 30.3 Å². The number of rotatable bonds is 3. The van der Waals surface area contributed by atoms with Gasteiger partial charge in [-0.05, 0) is 24.1 Å². The first kappa shape index (κ1) is 10.1. The maximum absolute atomic E-state index is 5.71. The number of halogens is 1. The molecule has 0 aliphatic heterocycles. The van der Waals surface area contributed by atoms with Gasteiger partial charge in [0, 0.05) is 11.5 Å². The Hall–Kier alpha value is -0.950. The van der Waals surface area contributed by atoms with E-state index in [1.54, 1.807) is 7.11 Å². The van der Waals surface area contributed by atoms with Crippen molar-refractivity contribution >= 4 is 11.6 Å². The van der Waals surface area contributed by atoms with Crippen molar-refractivity contribution in [1.82, 2.24) is 0 Å². The molecule has 0 bridgehead atoms. The number of allylic oxidation sites excluding steroid dienone is 1. The molecule has 0 aromatic heterocycles. The van der Waals surface area contributed by atoms with Crippen LogP contribution in [0.1, 0.15) is 11.1 Å². The molecule has 0 radical (unpaired) electrons. The highest BCUT2D eigenvalue weighted by Gasteiger charge is 2.00. The van der Waals surface area contributed by atoms with Crippen LogP contribution in [0.3, 0.4) is 0 Å². The van der Waals surface area contributed by atoms with E-state index >= 15 is 0 Å². The summed E-state index contributed by atoms with van der Waals surface area (Å²) in [6.07, 6.45) is 0.715. The van der Waals surface area contributed by atoms with Crippen LogP contribution in [-0.2, 0) is 6.42 Å². The molecule has 0 heterocycles. The van der Waals surface area contributed by atoms with Gasteiger partial charge < -0.3 is 4.74 Å². The van der Waals surface area contributed by atoms with Crippen LogP contribution in [0.5, 0.6) is 5.75 Å². The maximum Gasteiger partial charge on any atom is 0.121 e. The van der Waals surface area contributed by atoms with Gasteiger partial charge in [0.2, 0.25) is 0 Å². The van der Waals surface area contributed by atoms with Crippen molar-refractivity contribution in [1.29, 1.82) is 0 Å². The molecule has 0 unspecified atom stereocenters. The lowest BCUT2D eigenvalue weighted by Crippen LogP contribution is -1.90. The highest BCUT2D eigenvalue weighted by molar-refractivity contribution is 6.29. The van der Waals surface area contributed by atoms with Gasteiger partial charge in [-0.15, -0.1) is 0 Å². The number of hydrogen-bond acceptors (Lipinski definition) is 1. The Balaban J connectivity index is 2.89. The average Bonchev–Trinajstić information content (AvgIpc) is 2.03. The smallest absolute Gasteiger partial charge is 0.121 e. The van der Waals surface area contributed by atoms with E-state index in [0.717, 1.165) is 11.3 Å². The molecule has 1 nitrogen and oxygen atoms in total. The van der Waals surface area contributed by atoms with Gasteiger partial charge in [0.25, 0.3) is 0 Å². The third-order valence-electron chi connectivity index (χ3n) is 1.86. The normalized spacial score (nSPS) is 9.77. The van der Waals surface area contributed by atoms with Crippen molar-refractivity contribution in [2.24, 2.45) is 0 Å². The van der Waals surface area contributed by atoms with E-state index in [2.05, 4.69) is 12.6 Å². The predicted octanol–water partition coefficient (Wildman–Crippen LogP) is 3.30. The molecule has 1 rings (SSSR count). The lowest BCUT2D eigenvalue weighted by atomic mass is 10.1. The minimum absolute atomic E-state index is 0.657. The Labute approximate surface area is 84.0 Å². The van der Waals surface area contributed by atoms with Gasteiger partial charge in [0.15, 0.2) is 0 Å². The van der Waals surface area contributed by atoms with Gasteiger partial charge in [-0.2, -0.15) is 0 Å². The van der Waals surface area contributed by atoms with Crippen LogP contribution in [-0.4, -0.2) is 7.11 Å². The Kier molecular flexibility index (Phi) is 3.38. The lowest BCUT2D eigenvalue weighted by Gasteiger charge is -2.06. The van der Waals surface area contributed by atoms with Crippen LogP contribution >= 0.6 is 11.6 Å². The molecule has 13 heavy (non-hydrogen) atoms. The van der Waals surface area contributed by atoms with E-state index in [4.69, 9.17) is 16.3 Å². The largest absolute Gasteiger partial charge is 0.496 e. The van der Waals surface area contributed by atoms with E-state index in [1.807, 2.05) is 19.1 Å². The van der Waals surface area contributed by atoms with Crippen molar-refractivity contribution in [2.75, 3.05) is 7.11 Å². The van der Waals surface area contributed by atoms with Gasteiger partial charge in [0.05, 0.1) is 7.11 Å². The van der Waals surface area contributed by atoms with Gasteiger partial charge in [-0.3, -0.25) is 0 Å². The van der Waals surface area contributed by atoms with Crippen LogP contribution in [0, 0.1) is 6.92 Å². The van der Waals surface area contributed by atoms with Gasteiger partial charge in [-0.25, -0.2) is 0 Å². The fraction of sp³-hybridized carbons (Fsp3) is 0.273. The standard InChI is InChI=1S/C11H13ClO/c1-8-6-10(7-9(2)12)4-5-11(8)13-3/h4-6H,2,7H2,1,3H3. The maximum atomic E-state index is 5.71. The summed E-state index contributed by atoms with van der Waals surface area (Å²) in [4.78, 5) is 0. The summed E-state index contributed by atoms with van der Waals surface area (Å²) < 4.78 is 5.15. The summed E-state index contributed by atoms with van der Waals surface area (Å²) in [6.45, 7) is 5.67. The number of aryl methyl sites for hydroxylation is 1. The first-order valence-corrected chi connectivity index (χ1v) is 4.48. The SMILES string of the molecule is C=C(Cl)Cc1ccc(OC)c(C)c1. The molecular formula is C11H13ClO. The topological polar surface area (TPSA) is 9.23 Å². The lowest BCUT2D eigenvalue weighted by molar-refractivity contribution is 0.411. The zero-order chi connectivity index (χ0) is 9.84. The second-order valence-corrected chi connectivity index (χ2v) is 3.53. The molecule has 0 aliphatic rings. The highest BCUT2D eigenvalue weighted by atomic mass is 35.5. The molecular weight excluding hydrogens is 184 g/mol. The van der Waals surface area contributed by atoms with Crippen LogP contribution in [0.4, 0.5) is 0 Å². The van der Waals surface area contributed by atoms with E-state index in [-0.39, 0.29) is 0 Å². The van der Waals surface area contributed by atoms with Crippen LogP contribution in [0.15, 0.2) is 29.8 Å². The Morgan fingerprint density at radius 1 is 1.54 bits per heavy atom. The highest BCUT2D eigenvalue weighted by Crippen LogP contribution is 2.20. The first-order valence-electron chi connectivity index (χ1n) is 4.10. The van der Waals surface area contributed by atoms with Crippen molar-refractivity contribution in [3.8, 4) is 5.75 Å². The van der Waals surface area contributed by atoms with Gasteiger partial charge >= 0.3 is 0 Å². The summed E-state index contributed by atoms with van der Waals surface area (Å²) in [7, 11) is 1.67. The average molecular weight is 197 g/mol. The Morgan fingerprint density at radius 3 is 2.69 bits per heavy atom. The van der Waals surface area contributed by atoms with E-state index in [1.165, 1.54) is 5.56 Å². The predicted molar refractivity (Wildman–Crippen MR) is 56.4 cm³/mol. The zero-order valence-electron chi connectivity index (χ0n) is 7.93. The third kappa shape index (κ3) is 2.78. The number of benzene rings is 1. The summed E-state index contributed by atoms with van der Waals surface area (Å²) in [5.74, 6) is 0.906. The van der Waals surface area contributed by atoms with E-state index in [9.17, 15) is 0 Å². The minimum Gasteiger partial charge on any atom is -0.496 e. The van der Waals surface area contributed by atoms with Crippen molar-refractivity contribution < 1.29 is 4.74 Å². The van der Waals surface area contributed by atoms with Crippen molar-refractivity contribution in [3.63, 3.8) is 0 Å². The molecule has 0 atom stereocenters. The summed E-state index contributed by atoms with van der Waals surface area (Å²) in [5, 5.41) is 0.657. The molecule has 0 amide bonds. The molecule has 0 N–H and O–H groups in total. The van der Waals surface area contributed by atoms with Crippen LogP contribution in [0.2, 0.25) is 0 Å². The second kappa shape index (κ2) is 4.33. The Morgan fingerprint density at radius 2 is 2.23 bits per heavy atom. The van der Waals surface area contributed by atoms with Crippen molar-refractivity contribution in [2.45, 2.75) is 13.3 Å². The second-order valence-electron chi connectivity index (χ2n) is 3.00. The fourth-order valence-electron chi connectivity index (χ4n) is 1.27. The summed E-state index contributed by atoms with van der Waals surface area (Å²) in [5.41, 5.74) is 2.29. The summed E-state index contributed by atoms with van der Waals surface area (Å²) in [6, 6.07) is 6.01. The molecule has 0 aliphatic carbocycles. The van der Waals surface area contributed by atoms with E-state index < -0.39 is 0 Å².